The Balaban J connectivity index is 1.93. The van der Waals surface area contributed by atoms with Crippen LogP contribution in [0, 0.1) is 11.3 Å². The van der Waals surface area contributed by atoms with Crippen molar-refractivity contribution in [2.75, 3.05) is 5.32 Å². The van der Waals surface area contributed by atoms with Crippen molar-refractivity contribution < 1.29 is 4.79 Å². The Bertz CT molecular complexity index is 885. The van der Waals surface area contributed by atoms with E-state index in [0.717, 1.165) is 5.56 Å². The topological polar surface area (TPSA) is 78.7 Å². The molecule has 0 aliphatic heterocycles. The maximum atomic E-state index is 12.5. The molecule has 5 nitrogen and oxygen atoms in total. The molecule has 1 aromatic heterocycles. The first-order valence-electron chi connectivity index (χ1n) is 6.95. The average molecular weight is 300 g/mol. The maximum Gasteiger partial charge on any atom is 0.259 e. The predicted octanol–water partition coefficient (Wildman–Crippen LogP) is 3.27. The van der Waals surface area contributed by atoms with Crippen LogP contribution in [-0.4, -0.2) is 15.9 Å². The van der Waals surface area contributed by atoms with Gasteiger partial charge in [-0.15, -0.1) is 0 Å². The number of nitrogens with zero attached hydrogens (tertiary/aromatic N) is 3. The smallest absolute Gasteiger partial charge is 0.259 e. The summed E-state index contributed by atoms with van der Waals surface area (Å²) in [5, 5.41) is 11.7. The molecule has 3 aromatic rings. The van der Waals surface area contributed by atoms with Crippen LogP contribution in [0.1, 0.15) is 15.9 Å². The second-order valence-corrected chi connectivity index (χ2v) is 4.80. The van der Waals surface area contributed by atoms with Gasteiger partial charge in [0.05, 0.1) is 22.9 Å². The van der Waals surface area contributed by atoms with Crippen molar-refractivity contribution in [3.8, 4) is 17.3 Å². The third-order valence-corrected chi connectivity index (χ3v) is 3.25. The molecular formula is C18H12N4O. The Kier molecular flexibility index (Phi) is 4.07. The van der Waals surface area contributed by atoms with Crippen molar-refractivity contribution in [2.24, 2.45) is 0 Å². The minimum atomic E-state index is -0.320. The Hall–Kier alpha value is -3.52. The Morgan fingerprint density at radius 3 is 2.70 bits per heavy atom. The van der Waals surface area contributed by atoms with Gasteiger partial charge in [0.25, 0.3) is 5.91 Å². The molecule has 1 amide bonds. The van der Waals surface area contributed by atoms with E-state index in [1.165, 1.54) is 12.5 Å². The minimum absolute atomic E-state index is 0.320. The summed E-state index contributed by atoms with van der Waals surface area (Å²) in [5.41, 5.74) is 2.81. The van der Waals surface area contributed by atoms with Crippen LogP contribution in [0.25, 0.3) is 11.3 Å². The maximum absolute atomic E-state index is 12.5. The lowest BCUT2D eigenvalue weighted by molar-refractivity contribution is 0.102. The summed E-state index contributed by atoms with van der Waals surface area (Å²) in [6.07, 6.45) is 2.90. The summed E-state index contributed by atoms with van der Waals surface area (Å²) in [6.45, 7) is 0. The second kappa shape index (κ2) is 6.50. The molecule has 0 saturated heterocycles. The Labute approximate surface area is 133 Å². The van der Waals surface area contributed by atoms with E-state index in [9.17, 15) is 4.79 Å². The first-order valence-corrected chi connectivity index (χ1v) is 6.95. The van der Waals surface area contributed by atoms with Crippen LogP contribution in [0.5, 0.6) is 0 Å². The molecule has 23 heavy (non-hydrogen) atoms. The van der Waals surface area contributed by atoms with Crippen molar-refractivity contribution in [1.82, 2.24) is 9.97 Å². The molecular weight excluding hydrogens is 288 g/mol. The van der Waals surface area contributed by atoms with Gasteiger partial charge >= 0.3 is 0 Å². The van der Waals surface area contributed by atoms with E-state index in [1.807, 2.05) is 36.4 Å². The van der Waals surface area contributed by atoms with Crippen molar-refractivity contribution >= 4 is 11.6 Å². The summed E-state index contributed by atoms with van der Waals surface area (Å²) >= 11 is 0. The van der Waals surface area contributed by atoms with Gasteiger partial charge in [0.2, 0.25) is 0 Å². The monoisotopic (exact) mass is 300 g/mol. The van der Waals surface area contributed by atoms with Gasteiger partial charge in [0, 0.05) is 17.4 Å². The molecule has 0 unspecified atom stereocenters. The number of anilines is 1. The van der Waals surface area contributed by atoms with Gasteiger partial charge in [-0.25, -0.2) is 9.97 Å². The van der Waals surface area contributed by atoms with Gasteiger partial charge in [-0.3, -0.25) is 4.79 Å². The van der Waals surface area contributed by atoms with Gasteiger partial charge < -0.3 is 5.32 Å². The van der Waals surface area contributed by atoms with Gasteiger partial charge in [-0.2, -0.15) is 5.26 Å². The first-order chi connectivity index (χ1) is 11.3. The van der Waals surface area contributed by atoms with Crippen molar-refractivity contribution in [3.05, 3.63) is 78.2 Å². The fourth-order valence-corrected chi connectivity index (χ4v) is 2.19. The predicted molar refractivity (Wildman–Crippen MR) is 86.6 cm³/mol. The molecule has 110 valence electrons. The molecule has 1 heterocycles. The number of carbonyl (C=O) groups is 1. The van der Waals surface area contributed by atoms with Gasteiger partial charge in [-0.1, -0.05) is 36.4 Å². The van der Waals surface area contributed by atoms with Crippen LogP contribution in [0.4, 0.5) is 5.69 Å². The van der Waals surface area contributed by atoms with Gasteiger partial charge in [0.15, 0.2) is 0 Å². The van der Waals surface area contributed by atoms with Crippen LogP contribution < -0.4 is 5.32 Å². The number of nitriles is 1. The quantitative estimate of drug-likeness (QED) is 0.805. The third-order valence-electron chi connectivity index (χ3n) is 3.25. The zero-order valence-corrected chi connectivity index (χ0v) is 12.1. The van der Waals surface area contributed by atoms with E-state index in [-0.39, 0.29) is 5.91 Å². The molecule has 0 aliphatic carbocycles. The fourth-order valence-electron chi connectivity index (χ4n) is 2.19. The number of nitrogens with one attached hydrogen (secondary N) is 1. The molecule has 0 aliphatic rings. The molecule has 5 heteroatoms. The zero-order chi connectivity index (χ0) is 16.1. The number of hydrogen-bond donors (Lipinski definition) is 1. The molecule has 0 bridgehead atoms. The van der Waals surface area contributed by atoms with E-state index < -0.39 is 0 Å². The van der Waals surface area contributed by atoms with Crippen molar-refractivity contribution in [1.29, 1.82) is 5.26 Å². The van der Waals surface area contributed by atoms with Gasteiger partial charge in [0.1, 0.15) is 6.33 Å². The number of rotatable bonds is 3. The summed E-state index contributed by atoms with van der Waals surface area (Å²) in [4.78, 5) is 20.7. The summed E-state index contributed by atoms with van der Waals surface area (Å²) in [5.74, 6) is -0.320. The molecule has 0 fully saturated rings. The average Bonchev–Trinajstić information content (AvgIpc) is 2.62. The van der Waals surface area contributed by atoms with E-state index in [1.54, 1.807) is 24.3 Å². The highest BCUT2D eigenvalue weighted by molar-refractivity contribution is 6.07. The highest BCUT2D eigenvalue weighted by Crippen LogP contribution is 2.21. The Morgan fingerprint density at radius 1 is 1.09 bits per heavy atom. The van der Waals surface area contributed by atoms with Gasteiger partial charge in [-0.05, 0) is 18.2 Å². The van der Waals surface area contributed by atoms with Crippen LogP contribution in [0.15, 0.2) is 67.1 Å². The van der Waals surface area contributed by atoms with E-state index in [0.29, 0.717) is 22.5 Å². The number of benzene rings is 2. The summed E-state index contributed by atoms with van der Waals surface area (Å²) in [7, 11) is 0. The standard InChI is InChI=1S/C18H12N4O/c19-10-13-5-4-8-15(9-13)22-18(23)16-11-20-12-21-17(16)14-6-2-1-3-7-14/h1-9,11-12H,(H,22,23). The molecule has 0 saturated carbocycles. The van der Waals surface area contributed by atoms with Crippen LogP contribution in [0.2, 0.25) is 0 Å². The lowest BCUT2D eigenvalue weighted by Crippen LogP contribution is -2.14. The Morgan fingerprint density at radius 2 is 1.91 bits per heavy atom. The first kappa shape index (κ1) is 14.4. The lowest BCUT2D eigenvalue weighted by atomic mass is 10.1. The second-order valence-electron chi connectivity index (χ2n) is 4.80. The van der Waals surface area contributed by atoms with Crippen LogP contribution >= 0.6 is 0 Å². The molecule has 0 spiro atoms. The summed E-state index contributed by atoms with van der Waals surface area (Å²) < 4.78 is 0. The zero-order valence-electron chi connectivity index (χ0n) is 12.1. The van der Waals surface area contributed by atoms with Crippen molar-refractivity contribution in [3.63, 3.8) is 0 Å². The molecule has 3 rings (SSSR count). The number of hydrogen-bond acceptors (Lipinski definition) is 4. The fraction of sp³-hybridized carbons (Fsp3) is 0. The summed E-state index contributed by atoms with van der Waals surface area (Å²) in [6, 6.07) is 18.2. The van der Waals surface area contributed by atoms with Crippen LogP contribution in [-0.2, 0) is 0 Å². The van der Waals surface area contributed by atoms with Crippen LogP contribution in [0.3, 0.4) is 0 Å². The highest BCUT2D eigenvalue weighted by Gasteiger charge is 2.14. The largest absolute Gasteiger partial charge is 0.322 e. The normalized spacial score (nSPS) is 9.87. The molecule has 2 aromatic carbocycles. The molecule has 0 atom stereocenters. The molecule has 0 radical (unpaired) electrons. The SMILES string of the molecule is N#Cc1cccc(NC(=O)c2cncnc2-c2ccccc2)c1. The molecule has 1 N–H and O–H groups in total. The minimum Gasteiger partial charge on any atom is -0.322 e. The number of aromatic nitrogens is 2. The third kappa shape index (κ3) is 3.22. The van der Waals surface area contributed by atoms with Crippen molar-refractivity contribution in [2.45, 2.75) is 0 Å². The lowest BCUT2D eigenvalue weighted by Gasteiger charge is -2.09. The van der Waals surface area contributed by atoms with E-state index >= 15 is 0 Å². The van der Waals surface area contributed by atoms with E-state index in [4.69, 9.17) is 5.26 Å². The van der Waals surface area contributed by atoms with E-state index in [2.05, 4.69) is 15.3 Å². The number of amides is 1. The highest BCUT2D eigenvalue weighted by atomic mass is 16.1. The number of carbonyl (C=O) groups excluding carboxylic acids is 1.